The van der Waals surface area contributed by atoms with Gasteiger partial charge in [-0.1, -0.05) is 24.3 Å². The van der Waals surface area contributed by atoms with E-state index in [0.29, 0.717) is 5.56 Å². The summed E-state index contributed by atoms with van der Waals surface area (Å²) in [5, 5.41) is 8.87. The van der Waals surface area contributed by atoms with E-state index in [-0.39, 0.29) is 24.4 Å². The van der Waals surface area contributed by atoms with Crippen LogP contribution in [0.4, 0.5) is 18.9 Å². The summed E-state index contributed by atoms with van der Waals surface area (Å²) in [5.41, 5.74) is -0.466. The van der Waals surface area contributed by atoms with Crippen molar-refractivity contribution in [2.75, 3.05) is 18.1 Å². The molecule has 1 heterocycles. The van der Waals surface area contributed by atoms with Gasteiger partial charge >= 0.3 is 6.18 Å². The van der Waals surface area contributed by atoms with Crippen molar-refractivity contribution in [1.82, 2.24) is 0 Å². The first-order chi connectivity index (χ1) is 12.8. The van der Waals surface area contributed by atoms with Gasteiger partial charge in [-0.25, -0.2) is 4.90 Å². The molecule has 2 aromatic rings. The average Bonchev–Trinajstić information content (AvgIpc) is 2.64. The van der Waals surface area contributed by atoms with Gasteiger partial charge in [0.25, 0.3) is 5.91 Å². The average molecular weight is 376 g/mol. The molecule has 2 amide bonds. The van der Waals surface area contributed by atoms with Gasteiger partial charge in [-0.3, -0.25) is 14.6 Å². The molecule has 8 heteroatoms. The zero-order chi connectivity index (χ0) is 19.6. The molecule has 1 atom stereocenters. The van der Waals surface area contributed by atoms with Crippen molar-refractivity contribution in [2.24, 2.45) is 4.99 Å². The highest BCUT2D eigenvalue weighted by atomic mass is 19.4. The SMILES string of the molecule is O=C1c2ccccc2C(C=NCCO)C(=O)N1c1cccc(C(F)(F)F)c1. The summed E-state index contributed by atoms with van der Waals surface area (Å²) in [4.78, 5) is 30.4. The summed E-state index contributed by atoms with van der Waals surface area (Å²) in [5.74, 6) is -2.32. The van der Waals surface area contributed by atoms with Crippen LogP contribution in [0.15, 0.2) is 53.5 Å². The first-order valence-corrected chi connectivity index (χ1v) is 8.10. The smallest absolute Gasteiger partial charge is 0.394 e. The second-order valence-electron chi connectivity index (χ2n) is 5.87. The minimum absolute atomic E-state index is 0.0729. The van der Waals surface area contributed by atoms with Crippen molar-refractivity contribution in [3.05, 3.63) is 65.2 Å². The number of imide groups is 1. The molecule has 0 saturated carbocycles. The molecule has 1 unspecified atom stereocenters. The summed E-state index contributed by atoms with van der Waals surface area (Å²) in [6, 6.07) is 10.4. The van der Waals surface area contributed by atoms with Crippen molar-refractivity contribution in [3.63, 3.8) is 0 Å². The monoisotopic (exact) mass is 376 g/mol. The van der Waals surface area contributed by atoms with Crippen LogP contribution in [0.5, 0.6) is 0 Å². The number of halogens is 3. The minimum atomic E-state index is -4.60. The number of aliphatic hydroxyl groups excluding tert-OH is 1. The lowest BCUT2D eigenvalue weighted by atomic mass is 9.88. The van der Waals surface area contributed by atoms with Gasteiger partial charge in [0.05, 0.1) is 30.3 Å². The van der Waals surface area contributed by atoms with Crippen molar-refractivity contribution in [3.8, 4) is 0 Å². The predicted molar refractivity (Wildman–Crippen MR) is 92.9 cm³/mol. The number of anilines is 1. The Morgan fingerprint density at radius 3 is 2.56 bits per heavy atom. The number of fused-ring (bicyclic) bond motifs is 1. The normalized spacial score (nSPS) is 17.5. The molecule has 0 radical (unpaired) electrons. The van der Waals surface area contributed by atoms with E-state index in [4.69, 9.17) is 5.11 Å². The molecule has 0 spiro atoms. The lowest BCUT2D eigenvalue weighted by Crippen LogP contribution is -2.45. The number of amides is 2. The summed E-state index contributed by atoms with van der Waals surface area (Å²) in [6.07, 6.45) is -3.29. The lowest BCUT2D eigenvalue weighted by molar-refractivity contribution is -0.137. The molecular weight excluding hydrogens is 361 g/mol. The van der Waals surface area contributed by atoms with E-state index in [9.17, 15) is 22.8 Å². The van der Waals surface area contributed by atoms with Crippen LogP contribution in [0.3, 0.4) is 0 Å². The van der Waals surface area contributed by atoms with Gasteiger partial charge in [-0.05, 0) is 29.8 Å². The highest BCUT2D eigenvalue weighted by Gasteiger charge is 2.39. The number of carbonyl (C=O) groups is 2. The molecule has 1 N–H and O–H groups in total. The van der Waals surface area contributed by atoms with E-state index in [1.807, 2.05) is 0 Å². The quantitative estimate of drug-likeness (QED) is 0.659. The van der Waals surface area contributed by atoms with Crippen LogP contribution >= 0.6 is 0 Å². The second kappa shape index (κ2) is 7.32. The highest BCUT2D eigenvalue weighted by Crippen LogP contribution is 2.35. The Hall–Kier alpha value is -3.00. The Labute approximate surface area is 152 Å². The van der Waals surface area contributed by atoms with Gasteiger partial charge in [-0.2, -0.15) is 13.2 Å². The summed E-state index contributed by atoms with van der Waals surface area (Å²) in [6.45, 7) is -0.140. The topological polar surface area (TPSA) is 70.0 Å². The number of alkyl halides is 3. The maximum absolute atomic E-state index is 13.0. The number of rotatable bonds is 4. The molecular formula is C19H15F3N2O3. The first kappa shape index (κ1) is 18.8. The molecule has 2 aromatic carbocycles. The van der Waals surface area contributed by atoms with Crippen molar-refractivity contribution >= 4 is 23.7 Å². The Balaban J connectivity index is 2.09. The van der Waals surface area contributed by atoms with Crippen molar-refractivity contribution < 1.29 is 27.9 Å². The van der Waals surface area contributed by atoms with Crippen molar-refractivity contribution in [2.45, 2.75) is 12.1 Å². The number of hydrogen-bond acceptors (Lipinski definition) is 4. The molecule has 140 valence electrons. The van der Waals surface area contributed by atoms with Crippen LogP contribution in [0.1, 0.15) is 27.4 Å². The fourth-order valence-electron chi connectivity index (χ4n) is 2.90. The van der Waals surface area contributed by atoms with E-state index in [1.54, 1.807) is 18.2 Å². The molecule has 1 aliphatic heterocycles. The Morgan fingerprint density at radius 2 is 1.85 bits per heavy atom. The molecule has 0 aromatic heterocycles. The maximum atomic E-state index is 13.0. The zero-order valence-corrected chi connectivity index (χ0v) is 14.0. The fourth-order valence-corrected chi connectivity index (χ4v) is 2.90. The summed E-state index contributed by atoms with van der Waals surface area (Å²) >= 11 is 0. The van der Waals surface area contributed by atoms with Gasteiger partial charge < -0.3 is 5.11 Å². The predicted octanol–water partition coefficient (Wildman–Crippen LogP) is 3.04. The third-order valence-corrected chi connectivity index (χ3v) is 4.13. The van der Waals surface area contributed by atoms with Gasteiger partial charge in [0.1, 0.15) is 0 Å². The number of aliphatic imine (C=N–C) groups is 1. The van der Waals surface area contributed by atoms with E-state index in [2.05, 4.69) is 4.99 Å². The van der Waals surface area contributed by atoms with E-state index < -0.39 is 29.5 Å². The number of nitrogens with zero attached hydrogens (tertiary/aromatic N) is 2. The largest absolute Gasteiger partial charge is 0.416 e. The van der Waals surface area contributed by atoms with E-state index in [1.165, 1.54) is 18.3 Å². The van der Waals surface area contributed by atoms with Crippen LogP contribution in [-0.4, -0.2) is 36.3 Å². The highest BCUT2D eigenvalue weighted by molar-refractivity contribution is 6.29. The van der Waals surface area contributed by atoms with E-state index >= 15 is 0 Å². The van der Waals surface area contributed by atoms with Crippen LogP contribution < -0.4 is 4.90 Å². The Kier molecular flexibility index (Phi) is 5.09. The molecule has 1 aliphatic rings. The lowest BCUT2D eigenvalue weighted by Gasteiger charge is -2.31. The van der Waals surface area contributed by atoms with Gasteiger partial charge in [0.2, 0.25) is 5.91 Å². The summed E-state index contributed by atoms with van der Waals surface area (Å²) < 4.78 is 39.1. The molecule has 3 rings (SSSR count). The minimum Gasteiger partial charge on any atom is -0.394 e. The van der Waals surface area contributed by atoms with Gasteiger partial charge in [0, 0.05) is 11.8 Å². The maximum Gasteiger partial charge on any atom is 0.416 e. The first-order valence-electron chi connectivity index (χ1n) is 8.10. The van der Waals surface area contributed by atoms with Gasteiger partial charge in [0.15, 0.2) is 0 Å². The standard InChI is InChI=1S/C19H15F3N2O3/c20-19(21,22)12-4-3-5-13(10-12)24-17(26)15-7-2-1-6-14(15)16(18(24)27)11-23-8-9-25/h1-7,10-11,16,25H,8-9H2. The van der Waals surface area contributed by atoms with Crippen LogP contribution in [0.2, 0.25) is 0 Å². The van der Waals surface area contributed by atoms with Crippen LogP contribution in [0.25, 0.3) is 0 Å². The van der Waals surface area contributed by atoms with E-state index in [0.717, 1.165) is 23.1 Å². The third kappa shape index (κ3) is 3.61. The zero-order valence-electron chi connectivity index (χ0n) is 14.0. The van der Waals surface area contributed by atoms with Crippen LogP contribution in [0, 0.1) is 0 Å². The second-order valence-corrected chi connectivity index (χ2v) is 5.87. The van der Waals surface area contributed by atoms with Gasteiger partial charge in [-0.15, -0.1) is 0 Å². The molecule has 5 nitrogen and oxygen atoms in total. The number of carbonyl (C=O) groups excluding carboxylic acids is 2. The third-order valence-electron chi connectivity index (χ3n) is 4.13. The molecule has 27 heavy (non-hydrogen) atoms. The molecule has 0 fully saturated rings. The molecule has 0 saturated heterocycles. The fraction of sp³-hybridized carbons (Fsp3) is 0.211. The number of aliphatic hydroxyl groups is 1. The number of benzene rings is 2. The van der Waals surface area contributed by atoms with Crippen molar-refractivity contribution in [1.29, 1.82) is 0 Å². The van der Waals surface area contributed by atoms with Crippen LogP contribution in [-0.2, 0) is 11.0 Å². The number of hydrogen-bond donors (Lipinski definition) is 1. The Morgan fingerprint density at radius 1 is 1.11 bits per heavy atom. The molecule has 0 bridgehead atoms. The molecule has 0 aliphatic carbocycles. The Bertz CT molecular complexity index is 909. The summed E-state index contributed by atoms with van der Waals surface area (Å²) in [7, 11) is 0.